The zero-order valence-corrected chi connectivity index (χ0v) is 16.8. The predicted octanol–water partition coefficient (Wildman–Crippen LogP) is 3.94. The molecule has 0 spiro atoms. The van der Waals surface area contributed by atoms with E-state index in [1.807, 2.05) is 19.1 Å². The largest absolute Gasteiger partial charge is 0.476 e. The van der Waals surface area contributed by atoms with E-state index >= 15 is 0 Å². The van der Waals surface area contributed by atoms with E-state index < -0.39 is 5.91 Å². The van der Waals surface area contributed by atoms with Crippen LogP contribution in [0, 0.1) is 5.82 Å². The Bertz CT molecular complexity index is 1230. The number of nitrogens with zero attached hydrogens (tertiary/aromatic N) is 3. The van der Waals surface area contributed by atoms with Crippen molar-refractivity contribution < 1.29 is 13.9 Å². The molecule has 0 unspecified atom stereocenters. The van der Waals surface area contributed by atoms with Gasteiger partial charge in [-0.1, -0.05) is 24.3 Å². The van der Waals surface area contributed by atoms with Gasteiger partial charge in [-0.25, -0.2) is 14.4 Å². The summed E-state index contributed by atoms with van der Waals surface area (Å²) in [6.45, 7) is 2.73. The number of benzene rings is 2. The number of pyridine rings is 1. The van der Waals surface area contributed by atoms with E-state index in [1.165, 1.54) is 12.1 Å². The maximum atomic E-state index is 13.1. The second-order valence-corrected chi connectivity index (χ2v) is 6.77. The number of ether oxygens (including phenoxy) is 1. The van der Waals surface area contributed by atoms with Crippen molar-refractivity contribution in [1.29, 1.82) is 0 Å². The van der Waals surface area contributed by atoms with Gasteiger partial charge in [0, 0.05) is 17.7 Å². The first-order chi connectivity index (χ1) is 15.0. The molecule has 1 amide bonds. The summed E-state index contributed by atoms with van der Waals surface area (Å²) < 4.78 is 18.8. The first-order valence-corrected chi connectivity index (χ1v) is 9.73. The van der Waals surface area contributed by atoms with Gasteiger partial charge in [0.15, 0.2) is 5.52 Å². The number of halogens is 1. The van der Waals surface area contributed by atoms with Crippen LogP contribution in [-0.4, -0.2) is 27.5 Å². The lowest BCUT2D eigenvalue weighted by Crippen LogP contribution is -2.10. The van der Waals surface area contributed by atoms with Crippen molar-refractivity contribution in [3.05, 3.63) is 77.6 Å². The molecule has 0 fully saturated rings. The van der Waals surface area contributed by atoms with Gasteiger partial charge in [-0.2, -0.15) is 4.98 Å². The fourth-order valence-electron chi connectivity index (χ4n) is 3.05. The molecule has 0 bridgehead atoms. The van der Waals surface area contributed by atoms with E-state index in [9.17, 15) is 9.18 Å². The van der Waals surface area contributed by atoms with Crippen molar-refractivity contribution in [3.8, 4) is 17.1 Å². The monoisotopic (exact) mass is 417 g/mol. The lowest BCUT2D eigenvalue weighted by atomic mass is 10.1. The van der Waals surface area contributed by atoms with Crippen molar-refractivity contribution in [2.24, 2.45) is 5.73 Å². The molecule has 2 aromatic heterocycles. The average molecular weight is 417 g/mol. The summed E-state index contributed by atoms with van der Waals surface area (Å²) in [7, 11) is 0. The Morgan fingerprint density at radius 3 is 2.42 bits per heavy atom. The van der Waals surface area contributed by atoms with E-state index in [0.29, 0.717) is 47.3 Å². The Hall–Kier alpha value is -4.07. The van der Waals surface area contributed by atoms with Gasteiger partial charge in [-0.3, -0.25) is 4.79 Å². The number of nitrogens with two attached hydrogens (primary N) is 1. The first-order valence-electron chi connectivity index (χ1n) is 9.73. The van der Waals surface area contributed by atoms with Crippen LogP contribution < -0.4 is 15.8 Å². The van der Waals surface area contributed by atoms with Crippen LogP contribution in [0.3, 0.4) is 0 Å². The number of amides is 1. The van der Waals surface area contributed by atoms with Crippen LogP contribution in [0.5, 0.6) is 5.88 Å². The third-order valence-electron chi connectivity index (χ3n) is 4.62. The third kappa shape index (κ3) is 4.58. The van der Waals surface area contributed by atoms with Crippen LogP contribution in [0.15, 0.2) is 60.7 Å². The molecule has 0 atom stereocenters. The topological polar surface area (TPSA) is 103 Å². The fourth-order valence-corrected chi connectivity index (χ4v) is 3.05. The number of nitrogens with one attached hydrogen (secondary N) is 1. The summed E-state index contributed by atoms with van der Waals surface area (Å²) in [5.74, 6) is -0.00782. The van der Waals surface area contributed by atoms with Crippen LogP contribution in [-0.2, 0) is 6.54 Å². The van der Waals surface area contributed by atoms with Crippen LogP contribution in [0.2, 0.25) is 0 Å². The minimum absolute atomic E-state index is 0.282. The van der Waals surface area contributed by atoms with Gasteiger partial charge in [0.1, 0.15) is 5.82 Å². The van der Waals surface area contributed by atoms with Crippen molar-refractivity contribution in [2.75, 3.05) is 11.9 Å². The predicted molar refractivity (Wildman–Crippen MR) is 116 cm³/mol. The van der Waals surface area contributed by atoms with Crippen LogP contribution in [0.4, 0.5) is 10.3 Å². The highest BCUT2D eigenvalue weighted by atomic mass is 19.1. The second kappa shape index (κ2) is 8.74. The van der Waals surface area contributed by atoms with E-state index in [2.05, 4.69) is 20.3 Å². The molecule has 4 rings (SSSR count). The standard InChI is InChI=1S/C23H20FN5O2/c1-2-31-22-20-19(28-23(29-22)26-13-14-3-9-17(24)10-4-14)12-11-18(27-20)15-5-7-16(8-6-15)21(25)30/h3-12H,2,13H2,1H3,(H2,25,30)(H,26,28,29). The summed E-state index contributed by atoms with van der Waals surface area (Å²) in [4.78, 5) is 24.9. The van der Waals surface area contributed by atoms with Gasteiger partial charge in [0.2, 0.25) is 17.7 Å². The normalized spacial score (nSPS) is 10.8. The summed E-state index contributed by atoms with van der Waals surface area (Å²) in [5.41, 5.74) is 9.31. The van der Waals surface area contributed by atoms with E-state index in [4.69, 9.17) is 10.5 Å². The molecular weight excluding hydrogens is 397 g/mol. The van der Waals surface area contributed by atoms with Crippen LogP contribution in [0.1, 0.15) is 22.8 Å². The number of primary amides is 1. The fraction of sp³-hybridized carbons (Fsp3) is 0.130. The molecule has 0 aliphatic carbocycles. The van der Waals surface area contributed by atoms with Crippen LogP contribution >= 0.6 is 0 Å². The van der Waals surface area contributed by atoms with Gasteiger partial charge < -0.3 is 15.8 Å². The van der Waals surface area contributed by atoms with Gasteiger partial charge in [0.25, 0.3) is 0 Å². The molecule has 8 heteroatoms. The highest BCUT2D eigenvalue weighted by Crippen LogP contribution is 2.27. The molecule has 31 heavy (non-hydrogen) atoms. The van der Waals surface area contributed by atoms with E-state index in [-0.39, 0.29) is 5.82 Å². The molecule has 3 N–H and O–H groups in total. The van der Waals surface area contributed by atoms with Crippen molar-refractivity contribution >= 4 is 22.9 Å². The van der Waals surface area contributed by atoms with Crippen molar-refractivity contribution in [3.63, 3.8) is 0 Å². The molecule has 2 aromatic carbocycles. The number of carbonyl (C=O) groups excluding carboxylic acids is 1. The minimum atomic E-state index is -0.481. The van der Waals surface area contributed by atoms with Crippen molar-refractivity contribution in [2.45, 2.75) is 13.5 Å². The Morgan fingerprint density at radius 2 is 1.74 bits per heavy atom. The molecule has 0 aliphatic heterocycles. The lowest BCUT2D eigenvalue weighted by Gasteiger charge is -2.11. The number of anilines is 1. The number of hydrogen-bond acceptors (Lipinski definition) is 6. The molecular formula is C23H20FN5O2. The van der Waals surface area contributed by atoms with Gasteiger partial charge in [0.05, 0.1) is 17.8 Å². The number of rotatable bonds is 7. The Labute approximate surface area is 178 Å². The molecule has 4 aromatic rings. The molecule has 0 saturated heterocycles. The number of aromatic nitrogens is 3. The second-order valence-electron chi connectivity index (χ2n) is 6.77. The molecule has 156 valence electrons. The first kappa shape index (κ1) is 20.2. The number of hydrogen-bond donors (Lipinski definition) is 2. The van der Waals surface area contributed by atoms with E-state index in [1.54, 1.807) is 36.4 Å². The average Bonchev–Trinajstić information content (AvgIpc) is 2.79. The molecule has 7 nitrogen and oxygen atoms in total. The number of carbonyl (C=O) groups is 1. The summed E-state index contributed by atoms with van der Waals surface area (Å²) in [6.07, 6.45) is 0. The lowest BCUT2D eigenvalue weighted by molar-refractivity contribution is 0.100. The third-order valence-corrected chi connectivity index (χ3v) is 4.62. The quantitative estimate of drug-likeness (QED) is 0.472. The summed E-state index contributed by atoms with van der Waals surface area (Å²) in [5, 5.41) is 3.14. The van der Waals surface area contributed by atoms with Crippen molar-refractivity contribution in [1.82, 2.24) is 15.0 Å². The summed E-state index contributed by atoms with van der Waals surface area (Å²) >= 11 is 0. The maximum absolute atomic E-state index is 13.1. The Balaban J connectivity index is 1.65. The molecule has 2 heterocycles. The highest BCUT2D eigenvalue weighted by Gasteiger charge is 2.12. The molecule has 0 saturated carbocycles. The van der Waals surface area contributed by atoms with Gasteiger partial charge in [-0.15, -0.1) is 0 Å². The Morgan fingerprint density at radius 1 is 1.00 bits per heavy atom. The number of fused-ring (bicyclic) bond motifs is 1. The zero-order valence-electron chi connectivity index (χ0n) is 16.8. The maximum Gasteiger partial charge on any atom is 0.248 e. The van der Waals surface area contributed by atoms with Gasteiger partial charge >= 0.3 is 0 Å². The van der Waals surface area contributed by atoms with Crippen LogP contribution in [0.25, 0.3) is 22.3 Å². The smallest absolute Gasteiger partial charge is 0.248 e. The molecule has 0 radical (unpaired) electrons. The molecule has 0 aliphatic rings. The summed E-state index contributed by atoms with van der Waals surface area (Å²) in [6, 6.07) is 16.8. The van der Waals surface area contributed by atoms with E-state index in [0.717, 1.165) is 11.1 Å². The minimum Gasteiger partial charge on any atom is -0.476 e. The van der Waals surface area contributed by atoms with Gasteiger partial charge in [-0.05, 0) is 48.9 Å². The highest BCUT2D eigenvalue weighted by molar-refractivity contribution is 5.93. The SMILES string of the molecule is CCOc1nc(NCc2ccc(F)cc2)nc2ccc(-c3ccc(C(N)=O)cc3)nc12. The zero-order chi connectivity index (χ0) is 21.8. The Kier molecular flexibility index (Phi) is 5.70.